The van der Waals surface area contributed by atoms with Crippen LogP contribution in [0.25, 0.3) is 0 Å². The van der Waals surface area contributed by atoms with E-state index < -0.39 is 0 Å². The van der Waals surface area contributed by atoms with Crippen LogP contribution in [0.5, 0.6) is 5.75 Å². The van der Waals surface area contributed by atoms with Crippen LogP contribution in [0, 0.1) is 24.2 Å². The second-order valence-corrected chi connectivity index (χ2v) is 2.34. The molecule has 1 aromatic rings. The fraction of sp³-hybridized carbons (Fsp3) is 0.167. The highest BCUT2D eigenvalue weighted by Crippen LogP contribution is 2.07. The van der Waals surface area contributed by atoms with Gasteiger partial charge in [0.1, 0.15) is 12.4 Å². The van der Waals surface area contributed by atoms with E-state index in [4.69, 9.17) is 11.2 Å². The molecule has 0 saturated carbocycles. The Morgan fingerprint density at radius 3 is 2.62 bits per heavy atom. The molecule has 0 amide bonds. The molecule has 0 radical (unpaired) electrons. The van der Waals surface area contributed by atoms with Gasteiger partial charge in [0, 0.05) is 0 Å². The lowest BCUT2D eigenvalue weighted by Gasteiger charge is -1.99. The highest BCUT2D eigenvalue weighted by Gasteiger charge is 1.85. The molecule has 0 aromatic heterocycles. The Morgan fingerprint density at radius 2 is 1.92 bits per heavy atom. The first-order valence-electron chi connectivity index (χ1n) is 4.00. The van der Waals surface area contributed by atoms with Crippen molar-refractivity contribution in [1.82, 2.24) is 0 Å². The van der Waals surface area contributed by atoms with Gasteiger partial charge in [-0.15, -0.1) is 6.42 Å². The number of ether oxygens (including phenoxy) is 1. The van der Waals surface area contributed by atoms with Gasteiger partial charge in [0.25, 0.3) is 0 Å². The number of para-hydroxylation sites is 1. The smallest absolute Gasteiger partial charge is 0.149 e. The quantitative estimate of drug-likeness (QED) is 0.617. The molecule has 0 saturated heterocycles. The molecule has 0 N–H and O–H groups in total. The molecule has 1 nitrogen and oxygen atoms in total. The SMILES string of the molecule is C#CCC#CCOc1ccccc1. The topological polar surface area (TPSA) is 9.23 Å². The van der Waals surface area contributed by atoms with Gasteiger partial charge in [-0.25, -0.2) is 0 Å². The molecule has 0 unspecified atom stereocenters. The zero-order valence-electron chi connectivity index (χ0n) is 7.29. The molecular weight excluding hydrogens is 160 g/mol. The van der Waals surface area contributed by atoms with Crippen LogP contribution >= 0.6 is 0 Å². The monoisotopic (exact) mass is 170 g/mol. The van der Waals surface area contributed by atoms with Crippen LogP contribution in [-0.2, 0) is 0 Å². The first-order chi connectivity index (χ1) is 6.43. The molecule has 0 aliphatic rings. The summed E-state index contributed by atoms with van der Waals surface area (Å²) in [4.78, 5) is 0. The van der Waals surface area contributed by atoms with Crippen molar-refractivity contribution in [3.8, 4) is 29.9 Å². The Hall–Kier alpha value is -1.86. The first kappa shape index (κ1) is 9.23. The second kappa shape index (κ2) is 5.75. The van der Waals surface area contributed by atoms with Crippen LogP contribution in [0.1, 0.15) is 6.42 Å². The Morgan fingerprint density at radius 1 is 1.15 bits per heavy atom. The van der Waals surface area contributed by atoms with E-state index in [9.17, 15) is 0 Å². The predicted molar refractivity (Wildman–Crippen MR) is 53.2 cm³/mol. The van der Waals surface area contributed by atoms with E-state index in [1.165, 1.54) is 0 Å². The minimum absolute atomic E-state index is 0.395. The molecule has 0 atom stereocenters. The van der Waals surface area contributed by atoms with Gasteiger partial charge in [0.2, 0.25) is 0 Å². The molecule has 0 aliphatic carbocycles. The molecule has 0 aliphatic heterocycles. The van der Waals surface area contributed by atoms with E-state index in [0.717, 1.165) is 5.75 Å². The number of terminal acetylenes is 1. The van der Waals surface area contributed by atoms with E-state index in [1.54, 1.807) is 0 Å². The maximum Gasteiger partial charge on any atom is 0.149 e. The number of hydrogen-bond donors (Lipinski definition) is 0. The average Bonchev–Trinajstić information content (AvgIpc) is 2.19. The van der Waals surface area contributed by atoms with Gasteiger partial charge in [0.05, 0.1) is 6.42 Å². The lowest BCUT2D eigenvalue weighted by atomic mass is 10.3. The van der Waals surface area contributed by atoms with Gasteiger partial charge < -0.3 is 4.74 Å². The summed E-state index contributed by atoms with van der Waals surface area (Å²) in [6, 6.07) is 9.57. The van der Waals surface area contributed by atoms with Crippen molar-refractivity contribution in [3.63, 3.8) is 0 Å². The third kappa shape index (κ3) is 3.89. The van der Waals surface area contributed by atoms with Gasteiger partial charge in [-0.05, 0) is 12.1 Å². The minimum atomic E-state index is 0.395. The fourth-order valence-corrected chi connectivity index (χ4v) is 0.801. The molecule has 1 heteroatoms. The largest absolute Gasteiger partial charge is 0.481 e. The maximum atomic E-state index is 5.31. The Kier molecular flexibility index (Phi) is 4.08. The molecule has 1 aromatic carbocycles. The molecule has 1 rings (SSSR count). The number of hydrogen-bond acceptors (Lipinski definition) is 1. The minimum Gasteiger partial charge on any atom is -0.481 e. The third-order valence-electron chi connectivity index (χ3n) is 1.37. The second-order valence-electron chi connectivity index (χ2n) is 2.34. The van der Waals surface area contributed by atoms with Crippen LogP contribution < -0.4 is 4.74 Å². The van der Waals surface area contributed by atoms with Gasteiger partial charge in [-0.3, -0.25) is 0 Å². The van der Waals surface area contributed by atoms with Crippen molar-refractivity contribution in [1.29, 1.82) is 0 Å². The summed E-state index contributed by atoms with van der Waals surface area (Å²) in [5.41, 5.74) is 0. The van der Waals surface area contributed by atoms with E-state index in [0.29, 0.717) is 13.0 Å². The van der Waals surface area contributed by atoms with Gasteiger partial charge in [-0.1, -0.05) is 36.0 Å². The van der Waals surface area contributed by atoms with Gasteiger partial charge in [-0.2, -0.15) is 0 Å². The number of rotatable bonds is 2. The lowest BCUT2D eigenvalue weighted by Crippen LogP contribution is -1.92. The average molecular weight is 170 g/mol. The Bertz CT molecular complexity index is 335. The standard InChI is InChI=1S/C12H10O/c1-2-3-4-8-11-13-12-9-6-5-7-10-12/h1,5-7,9-10H,3,11H2. The first-order valence-corrected chi connectivity index (χ1v) is 4.00. The zero-order valence-corrected chi connectivity index (χ0v) is 7.29. The summed E-state index contributed by atoms with van der Waals surface area (Å²) in [6.07, 6.45) is 5.51. The molecule has 64 valence electrons. The van der Waals surface area contributed by atoms with Crippen LogP contribution in [0.4, 0.5) is 0 Å². The van der Waals surface area contributed by atoms with Crippen molar-refractivity contribution in [2.75, 3.05) is 6.61 Å². The summed E-state index contributed by atoms with van der Waals surface area (Å²) in [7, 11) is 0. The maximum absolute atomic E-state index is 5.31. The van der Waals surface area contributed by atoms with Crippen LogP contribution in [0.15, 0.2) is 30.3 Å². The van der Waals surface area contributed by atoms with E-state index in [1.807, 2.05) is 30.3 Å². The summed E-state index contributed by atoms with van der Waals surface area (Å²) in [6.45, 7) is 0.395. The predicted octanol–water partition coefficient (Wildman–Crippen LogP) is 2.09. The van der Waals surface area contributed by atoms with E-state index in [2.05, 4.69) is 17.8 Å². The van der Waals surface area contributed by atoms with E-state index >= 15 is 0 Å². The molecule has 0 spiro atoms. The van der Waals surface area contributed by atoms with Gasteiger partial charge >= 0.3 is 0 Å². The van der Waals surface area contributed by atoms with Crippen molar-refractivity contribution >= 4 is 0 Å². The van der Waals surface area contributed by atoms with Crippen molar-refractivity contribution in [3.05, 3.63) is 30.3 Å². The van der Waals surface area contributed by atoms with Crippen LogP contribution in [-0.4, -0.2) is 6.61 Å². The molecular formula is C12H10O. The van der Waals surface area contributed by atoms with E-state index in [-0.39, 0.29) is 0 Å². The Labute approximate surface area is 78.7 Å². The summed E-state index contributed by atoms with van der Waals surface area (Å²) in [5, 5.41) is 0. The normalized spacial score (nSPS) is 7.92. The van der Waals surface area contributed by atoms with Crippen LogP contribution in [0.2, 0.25) is 0 Å². The van der Waals surface area contributed by atoms with Gasteiger partial charge in [0.15, 0.2) is 0 Å². The highest BCUT2D eigenvalue weighted by molar-refractivity contribution is 5.21. The lowest BCUT2D eigenvalue weighted by molar-refractivity contribution is 0.370. The number of benzene rings is 1. The summed E-state index contributed by atoms with van der Waals surface area (Å²) < 4.78 is 5.31. The summed E-state index contributed by atoms with van der Waals surface area (Å²) in [5.74, 6) is 8.88. The van der Waals surface area contributed by atoms with Crippen molar-refractivity contribution in [2.24, 2.45) is 0 Å². The highest BCUT2D eigenvalue weighted by atomic mass is 16.5. The molecule has 0 heterocycles. The zero-order chi connectivity index (χ0) is 9.36. The summed E-state index contributed by atoms with van der Waals surface area (Å²) >= 11 is 0. The third-order valence-corrected chi connectivity index (χ3v) is 1.37. The Balaban J connectivity index is 2.30. The van der Waals surface area contributed by atoms with Crippen molar-refractivity contribution in [2.45, 2.75) is 6.42 Å². The molecule has 0 bridgehead atoms. The van der Waals surface area contributed by atoms with Crippen molar-refractivity contribution < 1.29 is 4.74 Å². The molecule has 0 fully saturated rings. The van der Waals surface area contributed by atoms with Crippen LogP contribution in [0.3, 0.4) is 0 Å². The molecule has 13 heavy (non-hydrogen) atoms. The fourth-order valence-electron chi connectivity index (χ4n) is 0.801.